The molecule has 0 unspecified atom stereocenters. The van der Waals surface area contributed by atoms with Crippen LogP contribution in [0.25, 0.3) is 0 Å². The maximum atomic E-state index is 12.8. The van der Waals surface area contributed by atoms with Gasteiger partial charge in [0.15, 0.2) is 0 Å². The van der Waals surface area contributed by atoms with Crippen LogP contribution in [0.2, 0.25) is 0 Å². The van der Waals surface area contributed by atoms with Crippen LogP contribution in [-0.4, -0.2) is 70.5 Å². The first-order valence-electron chi connectivity index (χ1n) is 10.0. The molecule has 9 nitrogen and oxygen atoms in total. The third-order valence-electron chi connectivity index (χ3n) is 5.78. The summed E-state index contributed by atoms with van der Waals surface area (Å²) in [6.45, 7) is 3.88. The van der Waals surface area contributed by atoms with E-state index in [-0.39, 0.29) is 24.1 Å². The van der Waals surface area contributed by atoms with Crippen molar-refractivity contribution in [3.8, 4) is 0 Å². The zero-order valence-electron chi connectivity index (χ0n) is 16.5. The predicted molar refractivity (Wildman–Crippen MR) is 105 cm³/mol. The van der Waals surface area contributed by atoms with Gasteiger partial charge in [0.1, 0.15) is 18.8 Å². The fourth-order valence-electron chi connectivity index (χ4n) is 4.13. The fourth-order valence-corrected chi connectivity index (χ4v) is 4.13. The molecule has 29 heavy (non-hydrogen) atoms. The predicted octanol–water partition coefficient (Wildman–Crippen LogP) is 1.51. The minimum atomic E-state index is -0.550. The largest absolute Gasteiger partial charge is 0.358 e. The second kappa shape index (κ2) is 8.38. The Bertz CT molecular complexity index is 773. The molecule has 0 saturated carbocycles. The maximum Gasteiger partial charge on any atom is 0.345 e. The number of hydroxylamine groups is 3. The molecule has 3 atom stereocenters. The van der Waals surface area contributed by atoms with Crippen molar-refractivity contribution in [1.29, 1.82) is 5.41 Å². The van der Waals surface area contributed by atoms with Gasteiger partial charge in [-0.3, -0.25) is 19.9 Å². The highest BCUT2D eigenvalue weighted by atomic mass is 16.7. The van der Waals surface area contributed by atoms with E-state index in [4.69, 9.17) is 15.1 Å². The van der Waals surface area contributed by atoms with Crippen molar-refractivity contribution in [3.05, 3.63) is 35.9 Å². The molecule has 3 amide bonds. The Labute approximate surface area is 169 Å². The lowest BCUT2D eigenvalue weighted by Crippen LogP contribution is -2.50. The van der Waals surface area contributed by atoms with E-state index in [9.17, 15) is 9.59 Å². The van der Waals surface area contributed by atoms with E-state index in [0.29, 0.717) is 38.4 Å². The highest BCUT2D eigenvalue weighted by molar-refractivity contribution is 5.88. The van der Waals surface area contributed by atoms with Crippen molar-refractivity contribution in [2.24, 2.45) is 0 Å². The summed E-state index contributed by atoms with van der Waals surface area (Å²) in [5.74, 6) is 0.200. The van der Waals surface area contributed by atoms with Crippen molar-refractivity contribution < 1.29 is 19.3 Å². The van der Waals surface area contributed by atoms with E-state index in [1.807, 2.05) is 35.2 Å². The first-order valence-corrected chi connectivity index (χ1v) is 10.0. The topological polar surface area (TPSA) is 98.2 Å². The number of urea groups is 1. The third-order valence-corrected chi connectivity index (χ3v) is 5.78. The standard InChI is InChI=1S/C20H27N5O4/c1-14(21)23-10-9-17(12-23)29-22-19(26)18-8-7-16-11-24(18)20(27)25(16)28-13-15-5-3-2-4-6-15/h2-6,16-18,21H,7-13H2,1H3,(H,22,26)/t16-,17+,18+/m1/s1. The Morgan fingerprint density at radius 1 is 1.21 bits per heavy atom. The lowest BCUT2D eigenvalue weighted by Gasteiger charge is -2.29. The maximum absolute atomic E-state index is 12.8. The van der Waals surface area contributed by atoms with E-state index >= 15 is 0 Å². The Morgan fingerprint density at radius 2 is 2.00 bits per heavy atom. The molecule has 3 fully saturated rings. The summed E-state index contributed by atoms with van der Waals surface area (Å²) in [4.78, 5) is 40.2. The minimum absolute atomic E-state index is 0.0323. The Morgan fingerprint density at radius 3 is 2.72 bits per heavy atom. The molecule has 0 spiro atoms. The van der Waals surface area contributed by atoms with Crippen molar-refractivity contribution in [3.63, 3.8) is 0 Å². The molecule has 0 aliphatic carbocycles. The molecule has 0 radical (unpaired) electrons. The van der Waals surface area contributed by atoms with E-state index in [1.165, 1.54) is 5.06 Å². The van der Waals surface area contributed by atoms with Crippen LogP contribution in [0.5, 0.6) is 0 Å². The molecule has 2 N–H and O–H groups in total. The molecule has 156 valence electrons. The third kappa shape index (κ3) is 4.20. The number of hydrogen-bond acceptors (Lipinski definition) is 5. The van der Waals surface area contributed by atoms with Crippen molar-refractivity contribution in [1.82, 2.24) is 20.3 Å². The van der Waals surface area contributed by atoms with Crippen LogP contribution in [0.4, 0.5) is 4.79 Å². The van der Waals surface area contributed by atoms with Crippen molar-refractivity contribution in [2.75, 3.05) is 19.6 Å². The zero-order valence-corrected chi connectivity index (χ0v) is 16.5. The molecule has 0 aromatic heterocycles. The molecule has 1 aromatic rings. The Hall–Kier alpha value is -2.65. The smallest absolute Gasteiger partial charge is 0.345 e. The van der Waals surface area contributed by atoms with Crippen LogP contribution < -0.4 is 5.48 Å². The average molecular weight is 401 g/mol. The minimum Gasteiger partial charge on any atom is -0.358 e. The monoisotopic (exact) mass is 401 g/mol. The van der Waals surface area contributed by atoms with Gasteiger partial charge in [-0.05, 0) is 31.7 Å². The quantitative estimate of drug-likeness (QED) is 0.428. The average Bonchev–Trinajstić information content (AvgIpc) is 3.30. The summed E-state index contributed by atoms with van der Waals surface area (Å²) in [6.07, 6.45) is 1.90. The van der Waals surface area contributed by atoms with E-state index < -0.39 is 6.04 Å². The highest BCUT2D eigenvalue weighted by Crippen LogP contribution is 2.30. The highest BCUT2D eigenvalue weighted by Gasteiger charge is 2.48. The summed E-state index contributed by atoms with van der Waals surface area (Å²) in [6, 6.07) is 8.84. The number of carbonyl (C=O) groups is 2. The van der Waals surface area contributed by atoms with Crippen LogP contribution >= 0.6 is 0 Å². The Balaban J connectivity index is 1.29. The van der Waals surface area contributed by atoms with Gasteiger partial charge in [0, 0.05) is 19.6 Å². The molecule has 3 saturated heterocycles. The van der Waals surface area contributed by atoms with Gasteiger partial charge in [-0.2, -0.15) is 5.06 Å². The van der Waals surface area contributed by atoms with Crippen LogP contribution in [0.1, 0.15) is 31.7 Å². The number of benzene rings is 1. The van der Waals surface area contributed by atoms with Gasteiger partial charge in [0.2, 0.25) is 0 Å². The number of likely N-dealkylation sites (tertiary alicyclic amines) is 1. The molecule has 3 aliphatic rings. The summed E-state index contributed by atoms with van der Waals surface area (Å²) < 4.78 is 0. The number of fused-ring (bicyclic) bond motifs is 2. The van der Waals surface area contributed by atoms with E-state index in [0.717, 1.165) is 18.5 Å². The summed E-state index contributed by atoms with van der Waals surface area (Å²) in [5, 5.41) is 9.09. The molecular formula is C20H27N5O4. The van der Waals surface area contributed by atoms with Gasteiger partial charge in [0.25, 0.3) is 5.91 Å². The number of amides is 3. The Kier molecular flexibility index (Phi) is 5.68. The number of hydrogen-bond donors (Lipinski definition) is 2. The molecule has 3 aliphatic heterocycles. The summed E-state index contributed by atoms with van der Waals surface area (Å²) in [5.41, 5.74) is 3.53. The second-order valence-corrected chi connectivity index (χ2v) is 7.79. The molecule has 3 heterocycles. The molecular weight excluding hydrogens is 374 g/mol. The van der Waals surface area contributed by atoms with Crippen molar-refractivity contribution >= 4 is 17.8 Å². The first-order chi connectivity index (χ1) is 14.0. The lowest BCUT2D eigenvalue weighted by molar-refractivity contribution is -0.143. The summed E-state index contributed by atoms with van der Waals surface area (Å²) in [7, 11) is 0. The van der Waals surface area contributed by atoms with Gasteiger partial charge in [-0.1, -0.05) is 30.3 Å². The number of amidine groups is 1. The van der Waals surface area contributed by atoms with Gasteiger partial charge < -0.3 is 9.80 Å². The normalized spacial score (nSPS) is 26.2. The van der Waals surface area contributed by atoms with Gasteiger partial charge in [0.05, 0.1) is 11.9 Å². The van der Waals surface area contributed by atoms with Crippen LogP contribution in [0, 0.1) is 5.41 Å². The van der Waals surface area contributed by atoms with Crippen LogP contribution in [0.15, 0.2) is 30.3 Å². The zero-order chi connectivity index (χ0) is 20.4. The molecule has 2 bridgehead atoms. The molecule has 1 aromatic carbocycles. The van der Waals surface area contributed by atoms with Gasteiger partial charge in [-0.25, -0.2) is 10.3 Å². The summed E-state index contributed by atoms with van der Waals surface area (Å²) >= 11 is 0. The number of nitrogens with one attached hydrogen (secondary N) is 2. The number of rotatable bonds is 6. The first kappa shape index (κ1) is 19.7. The fraction of sp³-hybridized carbons (Fsp3) is 0.550. The van der Waals surface area contributed by atoms with Crippen LogP contribution in [0.3, 0.4) is 0 Å². The second-order valence-electron chi connectivity index (χ2n) is 7.79. The van der Waals surface area contributed by atoms with Crippen molar-refractivity contribution in [2.45, 2.75) is 51.0 Å². The van der Waals surface area contributed by atoms with Crippen LogP contribution in [-0.2, 0) is 21.1 Å². The number of piperidine rings is 1. The van der Waals surface area contributed by atoms with E-state index in [1.54, 1.807) is 11.8 Å². The SMILES string of the molecule is CC(=N)N1CC[C@H](ONC(=O)[C@@H]2CC[C@@H]3CN2C(=O)N3OCc2ccccc2)C1. The number of carbonyl (C=O) groups excluding carboxylic acids is 2. The molecule has 9 heteroatoms. The lowest BCUT2D eigenvalue weighted by atomic mass is 10.0. The van der Waals surface area contributed by atoms with Gasteiger partial charge >= 0.3 is 6.03 Å². The molecule has 4 rings (SSSR count). The van der Waals surface area contributed by atoms with Gasteiger partial charge in [-0.15, -0.1) is 0 Å². The number of nitrogens with zero attached hydrogens (tertiary/aromatic N) is 3. The van der Waals surface area contributed by atoms with E-state index in [2.05, 4.69) is 5.48 Å².